The summed E-state index contributed by atoms with van der Waals surface area (Å²) in [5.41, 5.74) is 1.45. The molecule has 34 heavy (non-hydrogen) atoms. The van der Waals surface area contributed by atoms with E-state index < -0.39 is 0 Å². The van der Waals surface area contributed by atoms with Crippen molar-refractivity contribution in [2.45, 2.75) is 19.4 Å². The van der Waals surface area contributed by atoms with Crippen LogP contribution in [0.4, 0.5) is 0 Å². The minimum atomic E-state index is -0.294. The number of fused-ring (bicyclic) bond motifs is 1. The van der Waals surface area contributed by atoms with Crippen LogP contribution in [0.5, 0.6) is 5.75 Å². The average Bonchev–Trinajstić information content (AvgIpc) is 3.49. The number of aromatic nitrogens is 4. The van der Waals surface area contributed by atoms with Gasteiger partial charge in [-0.1, -0.05) is 42.5 Å². The first-order valence-corrected chi connectivity index (χ1v) is 11.1. The number of methoxy groups -OCH3 is 1. The smallest absolute Gasteiger partial charge is 0.274 e. The molecule has 0 radical (unpaired) electrons. The molecule has 2 heterocycles. The lowest BCUT2D eigenvalue weighted by Gasteiger charge is -2.16. The van der Waals surface area contributed by atoms with Gasteiger partial charge in [-0.25, -0.2) is 4.98 Å². The van der Waals surface area contributed by atoms with Crippen LogP contribution >= 0.6 is 0 Å². The van der Waals surface area contributed by atoms with Gasteiger partial charge in [-0.05, 0) is 25.0 Å². The number of carbonyl (C=O) groups is 1. The second-order valence-corrected chi connectivity index (χ2v) is 8.56. The van der Waals surface area contributed by atoms with Crippen molar-refractivity contribution < 1.29 is 14.3 Å². The maximum Gasteiger partial charge on any atom is 0.274 e. The summed E-state index contributed by atoms with van der Waals surface area (Å²) >= 11 is 0. The predicted molar refractivity (Wildman–Crippen MR) is 126 cm³/mol. The molecule has 4 aromatic rings. The quantitative estimate of drug-likeness (QED) is 0.398. The third-order valence-electron chi connectivity index (χ3n) is 5.97. The van der Waals surface area contributed by atoms with Gasteiger partial charge in [-0.3, -0.25) is 14.7 Å². The number of nitrogens with zero attached hydrogens (tertiary/aromatic N) is 3. The van der Waals surface area contributed by atoms with E-state index in [1.165, 1.54) is 10.6 Å². The number of hydrogen-bond donors (Lipinski definition) is 2. The molecular weight excluding hydrogens is 434 g/mol. The first-order valence-electron chi connectivity index (χ1n) is 11.1. The second-order valence-electron chi connectivity index (χ2n) is 8.56. The van der Waals surface area contributed by atoms with Crippen LogP contribution in [0.15, 0.2) is 65.5 Å². The highest BCUT2D eigenvalue weighted by Gasteiger charge is 2.42. The molecule has 1 amide bonds. The van der Waals surface area contributed by atoms with Gasteiger partial charge in [0.1, 0.15) is 12.4 Å². The molecule has 2 N–H and O–H groups in total. The largest absolute Gasteiger partial charge is 0.486 e. The van der Waals surface area contributed by atoms with Crippen LogP contribution in [0.3, 0.4) is 0 Å². The van der Waals surface area contributed by atoms with E-state index in [1.807, 2.05) is 30.3 Å². The highest BCUT2D eigenvalue weighted by Crippen LogP contribution is 2.45. The zero-order chi connectivity index (χ0) is 23.5. The van der Waals surface area contributed by atoms with E-state index in [0.29, 0.717) is 36.0 Å². The molecule has 1 saturated carbocycles. The van der Waals surface area contributed by atoms with Crippen LogP contribution < -0.4 is 15.6 Å². The van der Waals surface area contributed by atoms with Crippen LogP contribution in [-0.4, -0.2) is 45.8 Å². The van der Waals surface area contributed by atoms with Crippen molar-refractivity contribution in [3.63, 3.8) is 0 Å². The van der Waals surface area contributed by atoms with E-state index >= 15 is 0 Å². The fourth-order valence-corrected chi connectivity index (χ4v) is 3.88. The van der Waals surface area contributed by atoms with Gasteiger partial charge in [0.2, 0.25) is 0 Å². The van der Waals surface area contributed by atoms with Gasteiger partial charge in [-0.2, -0.15) is 9.50 Å². The molecule has 2 aromatic heterocycles. The Balaban J connectivity index is 1.31. The minimum absolute atomic E-state index is 0.0250. The van der Waals surface area contributed by atoms with Crippen molar-refractivity contribution in [1.29, 1.82) is 0 Å². The van der Waals surface area contributed by atoms with Crippen LogP contribution in [-0.2, 0) is 11.3 Å². The number of hydrogen-bond acceptors (Lipinski definition) is 6. The van der Waals surface area contributed by atoms with Crippen molar-refractivity contribution in [3.8, 4) is 17.1 Å². The normalized spacial score (nSPS) is 14.1. The van der Waals surface area contributed by atoms with E-state index in [9.17, 15) is 9.59 Å². The maximum absolute atomic E-state index is 12.8. The highest BCUT2D eigenvalue weighted by atomic mass is 16.5. The number of nitrogens with one attached hydrogen (secondary N) is 2. The number of benzene rings is 2. The zero-order valence-electron chi connectivity index (χ0n) is 18.8. The lowest BCUT2D eigenvalue weighted by Crippen LogP contribution is -2.32. The first kappa shape index (κ1) is 21.8. The van der Waals surface area contributed by atoms with E-state index in [4.69, 9.17) is 9.47 Å². The summed E-state index contributed by atoms with van der Waals surface area (Å²) in [4.78, 5) is 34.3. The maximum atomic E-state index is 12.8. The van der Waals surface area contributed by atoms with Crippen LogP contribution in [0, 0.1) is 5.41 Å². The Morgan fingerprint density at radius 2 is 1.88 bits per heavy atom. The number of carbonyl (C=O) groups excluding carboxylic acids is 1. The first-order chi connectivity index (χ1) is 16.6. The molecular formula is C25H25N5O4. The van der Waals surface area contributed by atoms with Crippen LogP contribution in [0.1, 0.15) is 28.9 Å². The fourth-order valence-electron chi connectivity index (χ4n) is 3.88. The molecule has 0 aliphatic heterocycles. The minimum Gasteiger partial charge on any atom is -0.486 e. The summed E-state index contributed by atoms with van der Waals surface area (Å²) in [7, 11) is 1.67. The van der Waals surface area contributed by atoms with E-state index in [2.05, 4.69) is 20.4 Å². The van der Waals surface area contributed by atoms with E-state index in [0.717, 1.165) is 18.4 Å². The van der Waals surface area contributed by atoms with Gasteiger partial charge >= 0.3 is 0 Å². The molecule has 5 rings (SSSR count). The van der Waals surface area contributed by atoms with Crippen molar-refractivity contribution in [3.05, 3.63) is 82.3 Å². The average molecular weight is 460 g/mol. The summed E-state index contributed by atoms with van der Waals surface area (Å²) < 4.78 is 12.5. The summed E-state index contributed by atoms with van der Waals surface area (Å²) in [6.45, 7) is 1.22. The summed E-state index contributed by atoms with van der Waals surface area (Å²) in [5.74, 6) is 1.02. The number of ether oxygens (including phenoxy) is 2. The number of aromatic amines is 1. The van der Waals surface area contributed by atoms with E-state index in [-0.39, 0.29) is 29.3 Å². The van der Waals surface area contributed by atoms with Crippen molar-refractivity contribution >= 4 is 11.7 Å². The Bertz CT molecular complexity index is 1380. The Morgan fingerprint density at radius 1 is 1.12 bits per heavy atom. The third-order valence-corrected chi connectivity index (χ3v) is 5.97. The standard InChI is InChI=1S/C25H25N5O4/c1-33-16-25(11-12-25)15-26-23(32)19-9-5-6-10-20(19)34-14-18-13-21(31)30-24(27-18)28-22(29-30)17-7-3-2-4-8-17/h2-10,13H,11-12,14-16H2,1H3,(H,26,32)(H,27,28,29). The van der Waals surface area contributed by atoms with Gasteiger partial charge in [-0.15, -0.1) is 0 Å². The van der Waals surface area contributed by atoms with Crippen LogP contribution in [0.2, 0.25) is 0 Å². The summed E-state index contributed by atoms with van der Waals surface area (Å²) in [6.07, 6.45) is 2.09. The summed E-state index contributed by atoms with van der Waals surface area (Å²) in [5, 5.41) is 5.97. The number of amides is 1. The molecule has 9 heteroatoms. The molecule has 9 nitrogen and oxygen atoms in total. The molecule has 1 aliphatic rings. The number of rotatable bonds is 9. The Kier molecular flexibility index (Phi) is 5.85. The fraction of sp³-hybridized carbons (Fsp3) is 0.280. The molecule has 1 aliphatic carbocycles. The molecule has 2 aromatic carbocycles. The van der Waals surface area contributed by atoms with Crippen molar-refractivity contribution in [2.24, 2.45) is 5.41 Å². The van der Waals surface area contributed by atoms with Gasteiger partial charge in [0.25, 0.3) is 17.2 Å². The zero-order valence-corrected chi connectivity index (χ0v) is 18.8. The monoisotopic (exact) mass is 459 g/mol. The number of para-hydroxylation sites is 1. The molecule has 0 bridgehead atoms. The van der Waals surface area contributed by atoms with Crippen molar-refractivity contribution in [1.82, 2.24) is 24.9 Å². The van der Waals surface area contributed by atoms with Gasteiger partial charge in [0, 0.05) is 30.7 Å². The van der Waals surface area contributed by atoms with Gasteiger partial charge in [0.05, 0.1) is 17.9 Å². The third kappa shape index (κ3) is 4.55. The summed E-state index contributed by atoms with van der Waals surface area (Å²) in [6, 6.07) is 17.9. The van der Waals surface area contributed by atoms with Crippen LogP contribution in [0.25, 0.3) is 17.2 Å². The second kappa shape index (κ2) is 9.11. The Morgan fingerprint density at radius 3 is 2.65 bits per heavy atom. The lowest BCUT2D eigenvalue weighted by molar-refractivity contribution is 0.0915. The van der Waals surface area contributed by atoms with E-state index in [1.54, 1.807) is 31.4 Å². The molecule has 0 saturated heterocycles. The molecule has 0 atom stereocenters. The topological polar surface area (TPSA) is 111 Å². The SMILES string of the molecule is COCC1(CNC(=O)c2ccccc2OCc2cc(=O)n3[nH]c(-c4ccccc4)nc3n2)CC1. The predicted octanol–water partition coefficient (Wildman–Crippen LogP) is 2.82. The Labute approximate surface area is 195 Å². The lowest BCUT2D eigenvalue weighted by atomic mass is 10.1. The molecule has 0 unspecified atom stereocenters. The molecule has 0 spiro atoms. The van der Waals surface area contributed by atoms with Crippen molar-refractivity contribution in [2.75, 3.05) is 20.3 Å². The van der Waals surface area contributed by atoms with Gasteiger partial charge < -0.3 is 14.8 Å². The molecule has 1 fully saturated rings. The number of H-pyrrole nitrogens is 1. The Hall–Kier alpha value is -3.98. The molecule has 174 valence electrons. The highest BCUT2D eigenvalue weighted by molar-refractivity contribution is 5.96. The van der Waals surface area contributed by atoms with Gasteiger partial charge in [0.15, 0.2) is 5.82 Å².